The van der Waals surface area contributed by atoms with Gasteiger partial charge in [0.2, 0.25) is 0 Å². The Labute approximate surface area is 116 Å². The smallest absolute Gasteiger partial charge is 0.252 e. The van der Waals surface area contributed by atoms with Gasteiger partial charge in [0, 0.05) is 5.56 Å². The molecule has 0 bridgehead atoms. The fourth-order valence-corrected chi connectivity index (χ4v) is 6.51. The maximum atomic E-state index is 12.3. The molecule has 8 heteroatoms. The third kappa shape index (κ3) is 2.98. The summed E-state index contributed by atoms with van der Waals surface area (Å²) in [6, 6.07) is 5.32. The second-order valence-corrected chi connectivity index (χ2v) is 9.17. The summed E-state index contributed by atoms with van der Waals surface area (Å²) < 4.78 is 47.3. The van der Waals surface area contributed by atoms with E-state index < -0.39 is 30.2 Å². The molecule has 0 aliphatic carbocycles. The molecule has 0 N–H and O–H groups in total. The number of sulfone groups is 2. The molecule has 1 aromatic carbocycles. The summed E-state index contributed by atoms with van der Waals surface area (Å²) in [5.74, 6) is -0.487. The molecule has 5 nitrogen and oxygen atoms in total. The molecule has 0 unspecified atom stereocenters. The van der Waals surface area contributed by atoms with Gasteiger partial charge in [-0.05, 0) is 30.2 Å². The van der Waals surface area contributed by atoms with Crippen LogP contribution in [0.15, 0.2) is 29.2 Å². The fraction of sp³-hybridized carbons (Fsp3) is 0.364. The van der Waals surface area contributed by atoms with E-state index in [4.69, 9.17) is 11.6 Å². The Morgan fingerprint density at radius 3 is 2.53 bits per heavy atom. The molecule has 1 aliphatic heterocycles. The molecule has 1 aliphatic rings. The minimum atomic E-state index is -3.76. The van der Waals surface area contributed by atoms with Crippen molar-refractivity contribution in [1.29, 1.82) is 0 Å². The average Bonchev–Trinajstić information content (AvgIpc) is 2.70. The maximum Gasteiger partial charge on any atom is 0.252 e. The monoisotopic (exact) mass is 322 g/mol. The van der Waals surface area contributed by atoms with Crippen molar-refractivity contribution < 1.29 is 21.6 Å². The summed E-state index contributed by atoms with van der Waals surface area (Å²) in [4.78, 5) is 11.0. The van der Waals surface area contributed by atoms with Crippen LogP contribution in [0.2, 0.25) is 0 Å². The minimum absolute atomic E-state index is 0.0684. The first-order valence-corrected chi connectivity index (χ1v) is 9.21. The molecule has 1 aromatic rings. The van der Waals surface area contributed by atoms with E-state index in [-0.39, 0.29) is 28.4 Å². The normalized spacial score (nSPS) is 22.3. The molecule has 0 amide bonds. The van der Waals surface area contributed by atoms with Crippen LogP contribution in [-0.2, 0) is 19.7 Å². The maximum absolute atomic E-state index is 12.3. The zero-order chi connectivity index (χ0) is 14.3. The number of hydrogen-bond acceptors (Lipinski definition) is 5. The van der Waals surface area contributed by atoms with E-state index in [0.717, 1.165) is 0 Å². The Bertz CT molecular complexity index is 721. The molecule has 0 saturated carbocycles. The van der Waals surface area contributed by atoms with Crippen molar-refractivity contribution in [3.63, 3.8) is 0 Å². The van der Waals surface area contributed by atoms with Crippen LogP contribution < -0.4 is 0 Å². The predicted octanol–water partition coefficient (Wildman–Crippen LogP) is 1.03. The number of benzene rings is 1. The van der Waals surface area contributed by atoms with E-state index in [9.17, 15) is 21.6 Å². The standard InChI is InChI=1S/C11H11ClO5S2/c12-11(13)8-2-1-3-9(6-8)19(16,17)10-4-5-18(14,15)7-10/h1-3,6,10H,4-5,7H2/t10-/m1/s1. The molecule has 0 aromatic heterocycles. The molecule has 104 valence electrons. The zero-order valence-electron chi connectivity index (χ0n) is 9.74. The Morgan fingerprint density at radius 1 is 1.32 bits per heavy atom. The fourth-order valence-electron chi connectivity index (χ4n) is 1.99. The molecular weight excluding hydrogens is 312 g/mol. The topological polar surface area (TPSA) is 85.3 Å². The zero-order valence-corrected chi connectivity index (χ0v) is 12.1. The van der Waals surface area contributed by atoms with Gasteiger partial charge >= 0.3 is 0 Å². The Kier molecular flexibility index (Phi) is 3.72. The van der Waals surface area contributed by atoms with Gasteiger partial charge in [-0.1, -0.05) is 12.1 Å². The number of halogens is 1. The van der Waals surface area contributed by atoms with E-state index in [1.54, 1.807) is 0 Å². The number of hydrogen-bond donors (Lipinski definition) is 0. The lowest BCUT2D eigenvalue weighted by Crippen LogP contribution is -2.22. The number of rotatable bonds is 3. The van der Waals surface area contributed by atoms with E-state index in [1.165, 1.54) is 24.3 Å². The molecule has 19 heavy (non-hydrogen) atoms. The van der Waals surface area contributed by atoms with Crippen molar-refractivity contribution in [3.8, 4) is 0 Å². The second kappa shape index (κ2) is 4.88. The van der Waals surface area contributed by atoms with Crippen molar-refractivity contribution in [3.05, 3.63) is 29.8 Å². The van der Waals surface area contributed by atoms with Crippen LogP contribution in [0.25, 0.3) is 0 Å². The highest BCUT2D eigenvalue weighted by Crippen LogP contribution is 2.26. The quantitative estimate of drug-likeness (QED) is 0.776. The number of carbonyl (C=O) groups excluding carboxylic acids is 1. The van der Waals surface area contributed by atoms with E-state index in [1.807, 2.05) is 0 Å². The first-order chi connectivity index (χ1) is 8.72. The Morgan fingerprint density at radius 2 is 2.00 bits per heavy atom. The first-order valence-electron chi connectivity index (χ1n) is 5.46. The third-order valence-electron chi connectivity index (χ3n) is 3.02. The van der Waals surface area contributed by atoms with Gasteiger partial charge in [0.25, 0.3) is 5.24 Å². The lowest BCUT2D eigenvalue weighted by molar-refractivity contribution is 0.108. The molecule has 0 spiro atoms. The molecule has 0 radical (unpaired) electrons. The molecule has 1 saturated heterocycles. The van der Waals surface area contributed by atoms with Gasteiger partial charge in [0.05, 0.1) is 21.7 Å². The Balaban J connectivity index is 2.41. The van der Waals surface area contributed by atoms with Gasteiger partial charge in [0.15, 0.2) is 19.7 Å². The third-order valence-corrected chi connectivity index (χ3v) is 7.41. The molecule has 1 heterocycles. The summed E-state index contributed by atoms with van der Waals surface area (Å²) in [5, 5.41) is -1.70. The van der Waals surface area contributed by atoms with Crippen LogP contribution in [0.1, 0.15) is 16.8 Å². The van der Waals surface area contributed by atoms with Gasteiger partial charge in [-0.2, -0.15) is 0 Å². The summed E-state index contributed by atoms with van der Waals surface area (Å²) in [5.41, 5.74) is 0.0728. The van der Waals surface area contributed by atoms with Crippen LogP contribution in [-0.4, -0.2) is 38.8 Å². The molecule has 1 fully saturated rings. The summed E-state index contributed by atoms with van der Waals surface area (Å²) >= 11 is 5.30. The number of carbonyl (C=O) groups is 1. The van der Waals surface area contributed by atoms with Gasteiger partial charge in [-0.15, -0.1) is 0 Å². The lowest BCUT2D eigenvalue weighted by Gasteiger charge is -2.10. The summed E-state index contributed by atoms with van der Waals surface area (Å²) in [6.07, 6.45) is 0.0870. The highest BCUT2D eigenvalue weighted by atomic mass is 35.5. The average molecular weight is 323 g/mol. The molecule has 1 atom stereocenters. The molecule has 2 rings (SSSR count). The van der Waals surface area contributed by atoms with Crippen molar-refractivity contribution in [2.24, 2.45) is 0 Å². The van der Waals surface area contributed by atoms with Gasteiger partial charge in [0.1, 0.15) is 0 Å². The largest absolute Gasteiger partial charge is 0.276 e. The van der Waals surface area contributed by atoms with Crippen molar-refractivity contribution in [1.82, 2.24) is 0 Å². The van der Waals surface area contributed by atoms with Crippen LogP contribution in [0.4, 0.5) is 0 Å². The van der Waals surface area contributed by atoms with Gasteiger partial charge in [-0.25, -0.2) is 16.8 Å². The van der Waals surface area contributed by atoms with E-state index in [0.29, 0.717) is 0 Å². The highest BCUT2D eigenvalue weighted by Gasteiger charge is 2.38. The van der Waals surface area contributed by atoms with Crippen LogP contribution in [0.5, 0.6) is 0 Å². The lowest BCUT2D eigenvalue weighted by atomic mass is 10.2. The minimum Gasteiger partial charge on any atom is -0.276 e. The van der Waals surface area contributed by atoms with E-state index >= 15 is 0 Å². The highest BCUT2D eigenvalue weighted by molar-refractivity contribution is 7.96. The first kappa shape index (κ1) is 14.5. The van der Waals surface area contributed by atoms with Gasteiger partial charge < -0.3 is 0 Å². The SMILES string of the molecule is O=C(Cl)c1cccc(S(=O)(=O)[C@@H]2CCS(=O)(=O)C2)c1. The Hall–Kier alpha value is -0.920. The summed E-state index contributed by atoms with van der Waals surface area (Å²) in [7, 11) is -7.04. The summed E-state index contributed by atoms with van der Waals surface area (Å²) in [6.45, 7) is 0. The molecular formula is C11H11ClO5S2. The second-order valence-electron chi connectivity index (χ2n) is 4.37. The van der Waals surface area contributed by atoms with Gasteiger partial charge in [-0.3, -0.25) is 4.79 Å². The van der Waals surface area contributed by atoms with Crippen molar-refractivity contribution in [2.45, 2.75) is 16.6 Å². The van der Waals surface area contributed by atoms with Crippen LogP contribution in [0, 0.1) is 0 Å². The van der Waals surface area contributed by atoms with Crippen LogP contribution in [0.3, 0.4) is 0 Å². The van der Waals surface area contributed by atoms with E-state index in [2.05, 4.69) is 0 Å². The van der Waals surface area contributed by atoms with Crippen LogP contribution >= 0.6 is 11.6 Å². The van der Waals surface area contributed by atoms with Crippen molar-refractivity contribution >= 4 is 36.5 Å². The van der Waals surface area contributed by atoms with Crippen molar-refractivity contribution in [2.75, 3.05) is 11.5 Å². The predicted molar refractivity (Wildman–Crippen MR) is 70.9 cm³/mol.